The fraction of sp³-hybridized carbons (Fsp3) is 0.150. The minimum absolute atomic E-state index is 0.219. The van der Waals surface area contributed by atoms with Crippen LogP contribution in [0.15, 0.2) is 54.7 Å². The van der Waals surface area contributed by atoms with Gasteiger partial charge in [-0.25, -0.2) is 9.48 Å². The first kappa shape index (κ1) is 17.3. The third-order valence-electron chi connectivity index (χ3n) is 4.42. The van der Waals surface area contributed by atoms with Gasteiger partial charge in [0.2, 0.25) is 0 Å². The number of nitrogens with zero attached hydrogens (tertiary/aromatic N) is 4. The maximum Gasteiger partial charge on any atom is 0.358 e. The Morgan fingerprint density at radius 2 is 2.00 bits per heavy atom. The lowest BCUT2D eigenvalue weighted by Gasteiger charge is -2.10. The summed E-state index contributed by atoms with van der Waals surface area (Å²) in [5.41, 5.74) is 3.57. The number of para-hydroxylation sites is 1. The Labute approximate surface area is 160 Å². The van der Waals surface area contributed by atoms with E-state index < -0.39 is 5.97 Å². The Morgan fingerprint density at radius 3 is 2.74 bits per heavy atom. The van der Waals surface area contributed by atoms with E-state index in [9.17, 15) is 4.79 Å². The van der Waals surface area contributed by atoms with Crippen LogP contribution in [0.25, 0.3) is 27.8 Å². The number of carbonyl (C=O) groups is 1. The Balaban J connectivity index is 1.95. The summed E-state index contributed by atoms with van der Waals surface area (Å²) in [6, 6.07) is 15.1. The lowest BCUT2D eigenvalue weighted by atomic mass is 10.1. The van der Waals surface area contributed by atoms with E-state index in [1.165, 1.54) is 7.11 Å². The molecule has 0 aliphatic heterocycles. The molecule has 0 aliphatic carbocycles. The molecule has 0 saturated heterocycles. The van der Waals surface area contributed by atoms with Crippen molar-refractivity contribution in [2.75, 3.05) is 7.11 Å². The summed E-state index contributed by atoms with van der Waals surface area (Å²) >= 11 is 6.38. The molecule has 0 bridgehead atoms. The van der Waals surface area contributed by atoms with Gasteiger partial charge in [-0.1, -0.05) is 35.9 Å². The molecule has 0 unspecified atom stereocenters. The van der Waals surface area contributed by atoms with Crippen molar-refractivity contribution in [3.63, 3.8) is 0 Å². The van der Waals surface area contributed by atoms with Crippen molar-refractivity contribution in [1.29, 1.82) is 0 Å². The maximum atomic E-state index is 12.1. The number of benzene rings is 2. The number of methoxy groups -OCH3 is 1. The fourth-order valence-electron chi connectivity index (χ4n) is 3.08. The molecule has 7 heteroatoms. The summed E-state index contributed by atoms with van der Waals surface area (Å²) < 4.78 is 8.43. The zero-order valence-electron chi connectivity index (χ0n) is 14.9. The van der Waals surface area contributed by atoms with Crippen LogP contribution in [-0.2, 0) is 11.3 Å². The van der Waals surface area contributed by atoms with Gasteiger partial charge in [0, 0.05) is 17.5 Å². The lowest BCUT2D eigenvalue weighted by Crippen LogP contribution is -2.05. The van der Waals surface area contributed by atoms with E-state index in [1.54, 1.807) is 16.8 Å². The van der Waals surface area contributed by atoms with Gasteiger partial charge < -0.3 is 4.74 Å². The molecule has 2 heterocycles. The molecule has 0 atom stereocenters. The number of halogens is 1. The van der Waals surface area contributed by atoms with Gasteiger partial charge >= 0.3 is 5.97 Å². The number of hydrogen-bond donors (Lipinski definition) is 0. The van der Waals surface area contributed by atoms with Crippen molar-refractivity contribution in [3.8, 4) is 16.9 Å². The van der Waals surface area contributed by atoms with Gasteiger partial charge in [0.25, 0.3) is 0 Å². The smallest absolute Gasteiger partial charge is 0.358 e. The second-order valence-electron chi connectivity index (χ2n) is 6.00. The average Bonchev–Trinajstić information content (AvgIpc) is 3.31. The second-order valence-corrected chi connectivity index (χ2v) is 6.41. The van der Waals surface area contributed by atoms with E-state index in [0.29, 0.717) is 10.7 Å². The minimum Gasteiger partial charge on any atom is -0.464 e. The number of fused-ring (bicyclic) bond motifs is 1. The summed E-state index contributed by atoms with van der Waals surface area (Å²) in [4.78, 5) is 12.1. The number of aryl methyl sites for hydroxylation is 1. The summed E-state index contributed by atoms with van der Waals surface area (Å²) in [5.74, 6) is -0.498. The normalized spacial score (nSPS) is 11.1. The van der Waals surface area contributed by atoms with Crippen molar-refractivity contribution in [3.05, 3.63) is 65.4 Å². The molecule has 0 radical (unpaired) electrons. The molecule has 4 rings (SSSR count). The predicted octanol–water partition coefficient (Wildman–Crippen LogP) is 4.35. The van der Waals surface area contributed by atoms with E-state index >= 15 is 0 Å². The van der Waals surface area contributed by atoms with Crippen LogP contribution in [-0.4, -0.2) is 32.6 Å². The standard InChI is InChI=1S/C20H17ClN4O2/c1-3-24-18-10-13(8-9-14(18)12-22-24)19-11-16(20(26)27-2)23-25(19)17-7-5-4-6-15(17)21/h4-12H,3H2,1-2H3. The van der Waals surface area contributed by atoms with Crippen LogP contribution in [0.4, 0.5) is 0 Å². The highest BCUT2D eigenvalue weighted by Gasteiger charge is 2.19. The highest BCUT2D eigenvalue weighted by Crippen LogP contribution is 2.30. The lowest BCUT2D eigenvalue weighted by molar-refractivity contribution is 0.0593. The van der Waals surface area contributed by atoms with Gasteiger partial charge in [-0.05, 0) is 31.2 Å². The molecule has 0 fully saturated rings. The summed E-state index contributed by atoms with van der Waals surface area (Å²) in [6.45, 7) is 2.81. The van der Waals surface area contributed by atoms with E-state index in [1.807, 2.05) is 54.2 Å². The quantitative estimate of drug-likeness (QED) is 0.494. The highest BCUT2D eigenvalue weighted by molar-refractivity contribution is 6.32. The molecule has 0 spiro atoms. The summed E-state index contributed by atoms with van der Waals surface area (Å²) in [6.07, 6.45) is 1.84. The molecule has 2 aromatic carbocycles. The second kappa shape index (κ2) is 6.89. The average molecular weight is 381 g/mol. The topological polar surface area (TPSA) is 61.9 Å². The monoisotopic (exact) mass is 380 g/mol. The molecule has 6 nitrogen and oxygen atoms in total. The van der Waals surface area contributed by atoms with Gasteiger partial charge in [-0.15, -0.1) is 0 Å². The molecule has 0 aliphatic rings. The van der Waals surface area contributed by atoms with Crippen molar-refractivity contribution in [2.24, 2.45) is 0 Å². The molecule has 0 N–H and O–H groups in total. The Kier molecular flexibility index (Phi) is 4.41. The first-order valence-corrected chi connectivity index (χ1v) is 8.89. The third-order valence-corrected chi connectivity index (χ3v) is 4.74. The van der Waals surface area contributed by atoms with E-state index in [2.05, 4.69) is 10.2 Å². The molecule has 27 heavy (non-hydrogen) atoms. The first-order chi connectivity index (χ1) is 13.1. The summed E-state index contributed by atoms with van der Waals surface area (Å²) in [7, 11) is 1.34. The van der Waals surface area contributed by atoms with Crippen molar-refractivity contribution < 1.29 is 9.53 Å². The Hall–Kier alpha value is -3.12. The van der Waals surface area contributed by atoms with Gasteiger partial charge in [-0.3, -0.25) is 4.68 Å². The number of carbonyl (C=O) groups excluding carboxylic acids is 1. The van der Waals surface area contributed by atoms with Crippen LogP contribution in [0.3, 0.4) is 0 Å². The van der Waals surface area contributed by atoms with Crippen LogP contribution in [0.1, 0.15) is 17.4 Å². The van der Waals surface area contributed by atoms with Crippen LogP contribution in [0.2, 0.25) is 5.02 Å². The Bertz CT molecular complexity index is 1150. The van der Waals surface area contributed by atoms with Crippen LogP contribution in [0.5, 0.6) is 0 Å². The van der Waals surface area contributed by atoms with E-state index in [0.717, 1.165) is 28.7 Å². The molecule has 4 aromatic rings. The predicted molar refractivity (Wildman–Crippen MR) is 104 cm³/mol. The molecule has 136 valence electrons. The van der Waals surface area contributed by atoms with Crippen molar-refractivity contribution >= 4 is 28.5 Å². The SMILES string of the molecule is CCn1ncc2ccc(-c3cc(C(=O)OC)nn3-c3ccccc3Cl)cc21. The molecule has 0 saturated carbocycles. The minimum atomic E-state index is -0.498. The van der Waals surface area contributed by atoms with Gasteiger partial charge in [0.15, 0.2) is 5.69 Å². The van der Waals surface area contributed by atoms with Crippen molar-refractivity contribution in [2.45, 2.75) is 13.5 Å². The largest absolute Gasteiger partial charge is 0.464 e. The summed E-state index contributed by atoms with van der Waals surface area (Å²) in [5, 5.41) is 10.4. The molecular formula is C20H17ClN4O2. The molecule has 2 aromatic heterocycles. The van der Waals surface area contributed by atoms with Crippen LogP contribution >= 0.6 is 11.6 Å². The van der Waals surface area contributed by atoms with E-state index in [4.69, 9.17) is 16.3 Å². The zero-order valence-corrected chi connectivity index (χ0v) is 15.6. The number of esters is 1. The molecule has 0 amide bonds. The number of aromatic nitrogens is 4. The van der Waals surface area contributed by atoms with E-state index in [-0.39, 0.29) is 5.69 Å². The first-order valence-electron chi connectivity index (χ1n) is 8.51. The van der Waals surface area contributed by atoms with Gasteiger partial charge in [0.05, 0.1) is 35.2 Å². The zero-order chi connectivity index (χ0) is 19.0. The van der Waals surface area contributed by atoms with Crippen molar-refractivity contribution in [1.82, 2.24) is 19.6 Å². The van der Waals surface area contributed by atoms with Gasteiger partial charge in [0.1, 0.15) is 0 Å². The van der Waals surface area contributed by atoms with Gasteiger partial charge in [-0.2, -0.15) is 10.2 Å². The number of hydrogen-bond acceptors (Lipinski definition) is 4. The van der Waals surface area contributed by atoms with Crippen LogP contribution in [0, 0.1) is 0 Å². The maximum absolute atomic E-state index is 12.1. The highest BCUT2D eigenvalue weighted by atomic mass is 35.5. The molecular weight excluding hydrogens is 364 g/mol. The third kappa shape index (κ3) is 2.98. The Morgan fingerprint density at radius 1 is 1.19 bits per heavy atom. The number of ether oxygens (including phenoxy) is 1. The number of rotatable bonds is 4. The fourth-order valence-corrected chi connectivity index (χ4v) is 3.30. The van der Waals surface area contributed by atoms with Crippen LogP contribution < -0.4 is 0 Å².